The third kappa shape index (κ3) is 3.40. The van der Waals surface area contributed by atoms with Crippen molar-refractivity contribution in [2.75, 3.05) is 7.11 Å². The molecule has 1 amide bonds. The van der Waals surface area contributed by atoms with Gasteiger partial charge in [-0.1, -0.05) is 0 Å². The fourth-order valence-electron chi connectivity index (χ4n) is 2.81. The van der Waals surface area contributed by atoms with Crippen molar-refractivity contribution in [3.8, 4) is 0 Å². The van der Waals surface area contributed by atoms with Crippen LogP contribution in [0.2, 0.25) is 0 Å². The maximum atomic E-state index is 13.3. The number of esters is 1. The minimum atomic E-state index is -0.851. The zero-order chi connectivity index (χ0) is 18.0. The van der Waals surface area contributed by atoms with Gasteiger partial charge in [0.1, 0.15) is 17.6 Å². The molecular formula is C18H18FN3O3. The molecule has 1 atom stereocenters. The van der Waals surface area contributed by atoms with E-state index >= 15 is 0 Å². The number of fused-ring (bicyclic) bond motifs is 1. The average Bonchev–Trinajstić information content (AvgIpc) is 3.19. The Balaban J connectivity index is 1.84. The molecule has 7 heteroatoms. The second-order valence-electron chi connectivity index (χ2n) is 5.76. The van der Waals surface area contributed by atoms with Crippen molar-refractivity contribution in [2.24, 2.45) is 7.05 Å². The predicted molar refractivity (Wildman–Crippen MR) is 90.6 cm³/mol. The molecule has 0 radical (unpaired) electrons. The first-order chi connectivity index (χ1) is 12.0. The highest BCUT2D eigenvalue weighted by Crippen LogP contribution is 2.21. The van der Waals surface area contributed by atoms with Crippen molar-refractivity contribution in [1.82, 2.24) is 14.9 Å². The molecule has 2 aromatic heterocycles. The van der Waals surface area contributed by atoms with Gasteiger partial charge in [-0.25, -0.2) is 9.18 Å². The Morgan fingerprint density at radius 3 is 2.84 bits per heavy atom. The number of H-pyrrole nitrogens is 1. The summed E-state index contributed by atoms with van der Waals surface area (Å²) < 4.78 is 19.8. The Labute approximate surface area is 143 Å². The quantitative estimate of drug-likeness (QED) is 0.697. The van der Waals surface area contributed by atoms with E-state index in [0.717, 1.165) is 10.9 Å². The first-order valence-electron chi connectivity index (χ1n) is 7.75. The summed E-state index contributed by atoms with van der Waals surface area (Å²) >= 11 is 0. The normalized spacial score (nSPS) is 12.1. The minimum Gasteiger partial charge on any atom is -0.467 e. The standard InChI is InChI=1S/C18H18FN3O3/c1-22-7-3-4-16(22)17(23)21-15(18(24)25-2)8-11-10-20-14-9-12(19)5-6-13(11)14/h3-7,9-10,15,20H,8H2,1-2H3,(H,21,23). The SMILES string of the molecule is COC(=O)C(Cc1c[nH]c2cc(F)ccc12)NC(=O)c1cccn1C. The Hall–Kier alpha value is -3.09. The van der Waals surface area contributed by atoms with Gasteiger partial charge in [0.25, 0.3) is 5.91 Å². The van der Waals surface area contributed by atoms with E-state index in [1.54, 1.807) is 42.2 Å². The number of hydrogen-bond donors (Lipinski definition) is 2. The Kier molecular flexibility index (Phi) is 4.56. The molecule has 2 heterocycles. The molecule has 0 saturated carbocycles. The number of hydrogen-bond acceptors (Lipinski definition) is 3. The van der Waals surface area contributed by atoms with Crippen molar-refractivity contribution in [1.29, 1.82) is 0 Å². The number of benzene rings is 1. The van der Waals surface area contributed by atoms with Crippen molar-refractivity contribution in [2.45, 2.75) is 12.5 Å². The van der Waals surface area contributed by atoms with Crippen LogP contribution in [-0.4, -0.2) is 34.6 Å². The van der Waals surface area contributed by atoms with Crippen LogP contribution in [0.25, 0.3) is 10.9 Å². The van der Waals surface area contributed by atoms with E-state index in [1.807, 2.05) is 0 Å². The summed E-state index contributed by atoms with van der Waals surface area (Å²) in [6.45, 7) is 0. The summed E-state index contributed by atoms with van der Waals surface area (Å²) in [5.74, 6) is -1.25. The number of carbonyl (C=O) groups excluding carboxylic acids is 2. The van der Waals surface area contributed by atoms with Crippen LogP contribution in [0.15, 0.2) is 42.7 Å². The van der Waals surface area contributed by atoms with Crippen LogP contribution in [0.1, 0.15) is 16.1 Å². The largest absolute Gasteiger partial charge is 0.467 e. The van der Waals surface area contributed by atoms with Gasteiger partial charge in [0.2, 0.25) is 0 Å². The Morgan fingerprint density at radius 2 is 2.16 bits per heavy atom. The van der Waals surface area contributed by atoms with Crippen LogP contribution in [0, 0.1) is 5.82 Å². The lowest BCUT2D eigenvalue weighted by Crippen LogP contribution is -2.43. The number of ether oxygens (including phenoxy) is 1. The van der Waals surface area contributed by atoms with Gasteiger partial charge in [-0.05, 0) is 35.9 Å². The summed E-state index contributed by atoms with van der Waals surface area (Å²) in [5.41, 5.74) is 1.86. The molecule has 1 aromatic carbocycles. The number of aromatic nitrogens is 2. The van der Waals surface area contributed by atoms with E-state index < -0.39 is 12.0 Å². The number of aromatic amines is 1. The third-order valence-electron chi connectivity index (χ3n) is 4.12. The fraction of sp³-hybridized carbons (Fsp3) is 0.222. The lowest BCUT2D eigenvalue weighted by molar-refractivity contribution is -0.142. The number of methoxy groups -OCH3 is 1. The Bertz CT molecular complexity index is 929. The van der Waals surface area contributed by atoms with Crippen LogP contribution >= 0.6 is 0 Å². The van der Waals surface area contributed by atoms with Crippen molar-refractivity contribution < 1.29 is 18.7 Å². The molecular weight excluding hydrogens is 325 g/mol. The summed E-state index contributed by atoms with van der Waals surface area (Å²) in [6, 6.07) is 6.94. The van der Waals surface area contributed by atoms with Gasteiger partial charge in [0.15, 0.2) is 0 Å². The molecule has 0 spiro atoms. The average molecular weight is 343 g/mol. The van der Waals surface area contributed by atoms with E-state index in [1.165, 1.54) is 19.2 Å². The maximum Gasteiger partial charge on any atom is 0.328 e. The highest BCUT2D eigenvalue weighted by molar-refractivity contribution is 5.96. The molecule has 130 valence electrons. The lowest BCUT2D eigenvalue weighted by Gasteiger charge is -2.16. The molecule has 0 aliphatic carbocycles. The van der Waals surface area contributed by atoms with Crippen molar-refractivity contribution >= 4 is 22.8 Å². The van der Waals surface area contributed by atoms with E-state index in [-0.39, 0.29) is 18.1 Å². The topological polar surface area (TPSA) is 76.1 Å². The van der Waals surface area contributed by atoms with Gasteiger partial charge >= 0.3 is 5.97 Å². The van der Waals surface area contributed by atoms with Crippen LogP contribution in [0.3, 0.4) is 0 Å². The number of halogens is 1. The van der Waals surface area contributed by atoms with Gasteiger partial charge < -0.3 is 19.6 Å². The second kappa shape index (κ2) is 6.80. The van der Waals surface area contributed by atoms with Crippen molar-refractivity contribution in [3.63, 3.8) is 0 Å². The van der Waals surface area contributed by atoms with Gasteiger partial charge in [-0.2, -0.15) is 0 Å². The predicted octanol–water partition coefficient (Wildman–Crippen LogP) is 2.16. The molecule has 0 bridgehead atoms. The smallest absolute Gasteiger partial charge is 0.328 e. The van der Waals surface area contributed by atoms with Gasteiger partial charge in [0, 0.05) is 36.8 Å². The number of rotatable bonds is 5. The van der Waals surface area contributed by atoms with E-state index in [9.17, 15) is 14.0 Å². The number of amides is 1. The molecule has 0 saturated heterocycles. The molecule has 6 nitrogen and oxygen atoms in total. The van der Waals surface area contributed by atoms with Crippen LogP contribution < -0.4 is 5.32 Å². The second-order valence-corrected chi connectivity index (χ2v) is 5.76. The summed E-state index contributed by atoms with van der Waals surface area (Å²) in [7, 11) is 3.02. The first-order valence-corrected chi connectivity index (χ1v) is 7.75. The zero-order valence-corrected chi connectivity index (χ0v) is 13.9. The molecule has 0 aliphatic rings. The number of nitrogens with one attached hydrogen (secondary N) is 2. The minimum absolute atomic E-state index is 0.231. The highest BCUT2D eigenvalue weighted by Gasteiger charge is 2.24. The number of aryl methyl sites for hydroxylation is 1. The highest BCUT2D eigenvalue weighted by atomic mass is 19.1. The zero-order valence-electron chi connectivity index (χ0n) is 13.9. The van der Waals surface area contributed by atoms with Gasteiger partial charge in [-0.3, -0.25) is 4.79 Å². The molecule has 1 unspecified atom stereocenters. The molecule has 25 heavy (non-hydrogen) atoms. The van der Waals surface area contributed by atoms with Gasteiger partial charge in [0.05, 0.1) is 7.11 Å². The summed E-state index contributed by atoms with van der Waals surface area (Å²) in [5, 5.41) is 3.50. The number of carbonyl (C=O) groups is 2. The summed E-state index contributed by atoms with van der Waals surface area (Å²) in [4.78, 5) is 27.5. The van der Waals surface area contributed by atoms with Crippen molar-refractivity contribution in [3.05, 3.63) is 59.8 Å². The Morgan fingerprint density at radius 1 is 1.36 bits per heavy atom. The maximum absolute atomic E-state index is 13.3. The monoisotopic (exact) mass is 343 g/mol. The molecule has 0 aliphatic heterocycles. The van der Waals surface area contributed by atoms with Gasteiger partial charge in [-0.15, -0.1) is 0 Å². The lowest BCUT2D eigenvalue weighted by atomic mass is 10.0. The van der Waals surface area contributed by atoms with Crippen LogP contribution in [0.4, 0.5) is 4.39 Å². The molecule has 3 rings (SSSR count). The van der Waals surface area contributed by atoms with Crippen LogP contribution in [0.5, 0.6) is 0 Å². The van der Waals surface area contributed by atoms with E-state index in [2.05, 4.69) is 10.3 Å². The van der Waals surface area contributed by atoms with Crippen LogP contribution in [-0.2, 0) is 23.0 Å². The first kappa shape index (κ1) is 16.8. The molecule has 2 N–H and O–H groups in total. The van der Waals surface area contributed by atoms with E-state index in [0.29, 0.717) is 11.2 Å². The summed E-state index contributed by atoms with van der Waals surface area (Å²) in [6.07, 6.45) is 3.68. The third-order valence-corrected chi connectivity index (χ3v) is 4.12. The molecule has 3 aromatic rings. The molecule has 0 fully saturated rings. The fourth-order valence-corrected chi connectivity index (χ4v) is 2.81. The van der Waals surface area contributed by atoms with E-state index in [4.69, 9.17) is 4.74 Å². The number of nitrogens with zero attached hydrogens (tertiary/aromatic N) is 1.